The van der Waals surface area contributed by atoms with Crippen molar-refractivity contribution in [3.63, 3.8) is 0 Å². The Labute approximate surface area is 189 Å². The van der Waals surface area contributed by atoms with Gasteiger partial charge in [-0.05, 0) is 48.5 Å². The molecule has 3 N–H and O–H groups in total. The van der Waals surface area contributed by atoms with Crippen molar-refractivity contribution in [3.8, 4) is 0 Å². The lowest BCUT2D eigenvalue weighted by atomic mass is 10.1. The largest absolute Gasteiger partial charge is 0.416 e. The van der Waals surface area contributed by atoms with Crippen LogP contribution >= 0.6 is 11.3 Å². The highest BCUT2D eigenvalue weighted by molar-refractivity contribution is 7.93. The summed E-state index contributed by atoms with van der Waals surface area (Å²) in [6.07, 6.45) is -1.72. The molecule has 0 unspecified atom stereocenters. The molecule has 2 aromatic carbocycles. The van der Waals surface area contributed by atoms with Crippen LogP contribution in [0.1, 0.15) is 5.56 Å². The van der Waals surface area contributed by atoms with Crippen LogP contribution in [-0.4, -0.2) is 24.4 Å². The molecule has 0 saturated heterocycles. The zero-order chi connectivity index (χ0) is 23.6. The minimum atomic E-state index is -4.54. The first-order chi connectivity index (χ1) is 15.6. The predicted octanol–water partition coefficient (Wildman–Crippen LogP) is 5.15. The van der Waals surface area contributed by atoms with Gasteiger partial charge in [0.25, 0.3) is 10.0 Å². The van der Waals surface area contributed by atoms with E-state index in [0.29, 0.717) is 0 Å². The van der Waals surface area contributed by atoms with E-state index in [0.717, 1.165) is 23.5 Å². The molecule has 0 bridgehead atoms. The molecule has 8 nitrogen and oxygen atoms in total. The number of carbonyl (C=O) groups excluding carboxylic acids is 1. The third-order valence-corrected chi connectivity index (χ3v) is 6.57. The van der Waals surface area contributed by atoms with Gasteiger partial charge in [-0.25, -0.2) is 18.2 Å². The van der Waals surface area contributed by atoms with Crippen LogP contribution in [-0.2, 0) is 16.2 Å². The number of anilines is 3. The first-order valence-electron chi connectivity index (χ1n) is 9.18. The summed E-state index contributed by atoms with van der Waals surface area (Å²) in [5.74, 6) is 0. The molecular formula is C20H14F3N5O3S2. The average Bonchev–Trinajstić information content (AvgIpc) is 3.25. The van der Waals surface area contributed by atoms with Crippen molar-refractivity contribution >= 4 is 54.8 Å². The van der Waals surface area contributed by atoms with E-state index in [-0.39, 0.29) is 32.3 Å². The van der Waals surface area contributed by atoms with Gasteiger partial charge in [-0.3, -0.25) is 9.71 Å². The molecule has 4 rings (SSSR count). The molecule has 2 heterocycles. The standard InChI is InChI=1S/C20H14F3N5O3S2/c21-20(22,23)12-1-6-16-15(11-12)17(7-8-24-16)27-18(29)26-13-2-4-14(5-3-13)33(30,31)28-19-25-9-10-32-19/h1-11H,(H,25,28)(H2,24,26,27,29). The van der Waals surface area contributed by atoms with E-state index in [9.17, 15) is 26.4 Å². The van der Waals surface area contributed by atoms with E-state index < -0.39 is 27.8 Å². The fourth-order valence-corrected chi connectivity index (χ4v) is 4.67. The molecule has 0 saturated carbocycles. The summed E-state index contributed by atoms with van der Waals surface area (Å²) in [4.78, 5) is 20.2. The molecule has 2 amide bonds. The maximum atomic E-state index is 13.0. The number of halogens is 3. The molecule has 0 radical (unpaired) electrons. The summed E-state index contributed by atoms with van der Waals surface area (Å²) >= 11 is 1.13. The molecule has 170 valence electrons. The Morgan fingerprint density at radius 2 is 1.70 bits per heavy atom. The van der Waals surface area contributed by atoms with Gasteiger partial charge in [0.05, 0.1) is 21.7 Å². The SMILES string of the molecule is O=C(Nc1ccc(S(=O)(=O)Nc2nccs2)cc1)Nc1ccnc2ccc(C(F)(F)F)cc12. The van der Waals surface area contributed by atoms with Crippen LogP contribution < -0.4 is 15.4 Å². The van der Waals surface area contributed by atoms with Gasteiger partial charge in [-0.2, -0.15) is 13.2 Å². The zero-order valence-electron chi connectivity index (χ0n) is 16.4. The zero-order valence-corrected chi connectivity index (χ0v) is 18.1. The van der Waals surface area contributed by atoms with E-state index in [4.69, 9.17) is 0 Å². The van der Waals surface area contributed by atoms with Gasteiger partial charge in [0.1, 0.15) is 0 Å². The number of sulfonamides is 1. The Morgan fingerprint density at radius 1 is 0.939 bits per heavy atom. The maximum absolute atomic E-state index is 13.0. The Balaban J connectivity index is 1.48. The van der Waals surface area contributed by atoms with E-state index in [1.54, 1.807) is 5.38 Å². The molecule has 33 heavy (non-hydrogen) atoms. The lowest BCUT2D eigenvalue weighted by Crippen LogP contribution is -2.20. The second-order valence-corrected chi connectivity index (χ2v) is 9.21. The summed E-state index contributed by atoms with van der Waals surface area (Å²) < 4.78 is 66.2. The Kier molecular flexibility index (Phi) is 5.91. The molecule has 0 aliphatic heterocycles. The van der Waals surface area contributed by atoms with E-state index in [2.05, 4.69) is 25.3 Å². The molecule has 13 heteroatoms. The number of fused-ring (bicyclic) bond motifs is 1. The molecule has 2 aromatic heterocycles. The van der Waals surface area contributed by atoms with Crippen LogP contribution in [0.4, 0.5) is 34.5 Å². The fraction of sp³-hybridized carbons (Fsp3) is 0.0500. The first-order valence-corrected chi connectivity index (χ1v) is 11.5. The summed E-state index contributed by atoms with van der Waals surface area (Å²) in [5.41, 5.74) is -0.178. The second kappa shape index (κ2) is 8.67. The van der Waals surface area contributed by atoms with Gasteiger partial charge in [0.2, 0.25) is 0 Å². The Bertz CT molecular complexity index is 1410. The number of amides is 2. The lowest BCUT2D eigenvalue weighted by molar-refractivity contribution is -0.137. The number of alkyl halides is 3. The normalized spacial score (nSPS) is 11.8. The molecule has 0 spiro atoms. The lowest BCUT2D eigenvalue weighted by Gasteiger charge is -2.12. The predicted molar refractivity (Wildman–Crippen MR) is 119 cm³/mol. The number of rotatable bonds is 5. The number of pyridine rings is 1. The number of thiazole rings is 1. The number of hydrogen-bond donors (Lipinski definition) is 3. The van der Waals surface area contributed by atoms with Gasteiger partial charge < -0.3 is 10.6 Å². The van der Waals surface area contributed by atoms with Crippen molar-refractivity contribution in [2.75, 3.05) is 15.4 Å². The topological polar surface area (TPSA) is 113 Å². The third kappa shape index (κ3) is 5.21. The number of urea groups is 1. The second-order valence-electron chi connectivity index (χ2n) is 6.63. The number of hydrogen-bond acceptors (Lipinski definition) is 6. The number of benzene rings is 2. The molecule has 0 atom stereocenters. The summed E-state index contributed by atoms with van der Waals surface area (Å²) in [5, 5.41) is 6.96. The van der Waals surface area contributed by atoms with Gasteiger partial charge in [-0.1, -0.05) is 0 Å². The minimum Gasteiger partial charge on any atom is -0.308 e. The molecular weight excluding hydrogens is 479 g/mol. The van der Waals surface area contributed by atoms with Crippen LogP contribution in [0, 0.1) is 0 Å². The van der Waals surface area contributed by atoms with Crippen molar-refractivity contribution in [2.24, 2.45) is 0 Å². The van der Waals surface area contributed by atoms with Crippen LogP contribution in [0.2, 0.25) is 0 Å². The Morgan fingerprint density at radius 3 is 2.36 bits per heavy atom. The van der Waals surface area contributed by atoms with Crippen molar-refractivity contribution in [1.82, 2.24) is 9.97 Å². The monoisotopic (exact) mass is 493 g/mol. The van der Waals surface area contributed by atoms with Crippen LogP contribution in [0.15, 0.2) is 71.2 Å². The van der Waals surface area contributed by atoms with E-state index in [1.807, 2.05) is 0 Å². The fourth-order valence-electron chi connectivity index (χ4n) is 2.88. The van der Waals surface area contributed by atoms with Crippen molar-refractivity contribution in [2.45, 2.75) is 11.1 Å². The minimum absolute atomic E-state index is 0.0385. The third-order valence-electron chi connectivity index (χ3n) is 4.39. The molecule has 0 aliphatic rings. The highest BCUT2D eigenvalue weighted by Gasteiger charge is 2.30. The van der Waals surface area contributed by atoms with E-state index >= 15 is 0 Å². The van der Waals surface area contributed by atoms with Crippen molar-refractivity contribution < 1.29 is 26.4 Å². The van der Waals surface area contributed by atoms with Crippen molar-refractivity contribution in [3.05, 3.63) is 71.9 Å². The van der Waals surface area contributed by atoms with Crippen LogP contribution in [0.5, 0.6) is 0 Å². The summed E-state index contributed by atoms with van der Waals surface area (Å²) in [6, 6.07) is 9.04. The van der Waals surface area contributed by atoms with Gasteiger partial charge >= 0.3 is 12.2 Å². The smallest absolute Gasteiger partial charge is 0.308 e. The first kappa shape index (κ1) is 22.5. The maximum Gasteiger partial charge on any atom is 0.416 e. The van der Waals surface area contributed by atoms with Crippen LogP contribution in [0.3, 0.4) is 0 Å². The number of nitrogens with one attached hydrogen (secondary N) is 3. The number of nitrogens with zero attached hydrogens (tertiary/aromatic N) is 2. The molecule has 4 aromatic rings. The van der Waals surface area contributed by atoms with Gasteiger partial charge in [0.15, 0.2) is 5.13 Å². The van der Waals surface area contributed by atoms with E-state index in [1.165, 1.54) is 48.8 Å². The van der Waals surface area contributed by atoms with Gasteiger partial charge in [-0.15, -0.1) is 11.3 Å². The highest BCUT2D eigenvalue weighted by Crippen LogP contribution is 2.33. The quantitative estimate of drug-likeness (QED) is 0.356. The number of carbonyl (C=O) groups is 1. The van der Waals surface area contributed by atoms with Crippen molar-refractivity contribution in [1.29, 1.82) is 0 Å². The molecule has 0 fully saturated rings. The van der Waals surface area contributed by atoms with Crippen LogP contribution in [0.25, 0.3) is 10.9 Å². The molecule has 0 aliphatic carbocycles. The Hall–Kier alpha value is -3.71. The van der Waals surface area contributed by atoms with Gasteiger partial charge in [0, 0.05) is 28.8 Å². The number of aromatic nitrogens is 2. The summed E-state index contributed by atoms with van der Waals surface area (Å²) in [7, 11) is -3.85. The summed E-state index contributed by atoms with van der Waals surface area (Å²) in [6.45, 7) is 0. The highest BCUT2D eigenvalue weighted by atomic mass is 32.2. The average molecular weight is 493 g/mol.